The van der Waals surface area contributed by atoms with E-state index in [-0.39, 0.29) is 0 Å². The molecule has 2 nitrogen and oxygen atoms in total. The molecule has 3 heteroatoms. The summed E-state index contributed by atoms with van der Waals surface area (Å²) in [6, 6.07) is 0. The Labute approximate surface area is 79.5 Å². The molecule has 0 bridgehead atoms. The third kappa shape index (κ3) is 2.64. The lowest BCUT2D eigenvalue weighted by atomic mass is 9.85. The molecule has 0 radical (unpaired) electrons. The summed E-state index contributed by atoms with van der Waals surface area (Å²) in [7, 11) is 0. The summed E-state index contributed by atoms with van der Waals surface area (Å²) in [6.07, 6.45) is 4.49. The van der Waals surface area contributed by atoms with Gasteiger partial charge >= 0.3 is 0 Å². The van der Waals surface area contributed by atoms with Crippen molar-refractivity contribution in [3.63, 3.8) is 0 Å². The van der Waals surface area contributed by atoms with Gasteiger partial charge in [-0.3, -0.25) is 4.31 Å². The Balaban J connectivity index is 2.46. The molecule has 1 N–H and O–H groups in total. The van der Waals surface area contributed by atoms with E-state index in [1.807, 2.05) is 13.8 Å². The van der Waals surface area contributed by atoms with Gasteiger partial charge in [0.2, 0.25) is 0 Å². The van der Waals surface area contributed by atoms with Gasteiger partial charge in [-0.05, 0) is 32.9 Å². The highest BCUT2D eigenvalue weighted by atomic mass is 32.2. The Kier molecular flexibility index (Phi) is 3.44. The van der Waals surface area contributed by atoms with E-state index in [2.05, 4.69) is 10.6 Å². The average Bonchev–Trinajstić information content (AvgIpc) is 2.03. The minimum absolute atomic E-state index is 0.443. The van der Waals surface area contributed by atoms with Gasteiger partial charge in [-0.15, -0.1) is 0 Å². The van der Waals surface area contributed by atoms with Crippen molar-refractivity contribution in [2.45, 2.75) is 32.3 Å². The molecule has 0 aromatic heterocycles. The van der Waals surface area contributed by atoms with Gasteiger partial charge in [0, 0.05) is 19.0 Å². The van der Waals surface area contributed by atoms with Gasteiger partial charge in [0.25, 0.3) is 0 Å². The molecule has 0 spiro atoms. The molecule has 1 fully saturated rings. The molecule has 0 aromatic carbocycles. The molecule has 1 rings (SSSR count). The van der Waals surface area contributed by atoms with Crippen LogP contribution in [0.2, 0.25) is 0 Å². The van der Waals surface area contributed by atoms with Crippen molar-refractivity contribution in [2.24, 2.45) is 5.92 Å². The number of nitrogens with zero attached hydrogens (tertiary/aromatic N) is 1. The predicted molar refractivity (Wildman–Crippen MR) is 54.1 cm³/mol. The first kappa shape index (κ1) is 10.4. The van der Waals surface area contributed by atoms with E-state index in [1.165, 1.54) is 19.4 Å². The first-order valence-corrected chi connectivity index (χ1v) is 5.73. The fourth-order valence-electron chi connectivity index (χ4n) is 1.68. The maximum absolute atomic E-state index is 9.82. The summed E-state index contributed by atoms with van der Waals surface area (Å²) in [6.45, 7) is 6.04. The molecule has 0 aromatic rings. The molecule has 0 saturated carbocycles. The van der Waals surface area contributed by atoms with Crippen LogP contribution in [0.4, 0.5) is 0 Å². The number of hydrogen-bond acceptors (Lipinski definition) is 3. The predicted octanol–water partition coefficient (Wildman–Crippen LogP) is 1.75. The zero-order valence-electron chi connectivity index (χ0n) is 8.21. The second-order valence-electron chi connectivity index (χ2n) is 4.06. The molecule has 1 atom stereocenters. The number of hydrogen-bond donors (Lipinski definition) is 1. The Bertz CT molecular complexity index is 144. The highest BCUT2D eigenvalue weighted by molar-refractivity contribution is 7.96. The fraction of sp³-hybridized carbons (Fsp3) is 1.00. The number of piperidine rings is 1. The van der Waals surface area contributed by atoms with Crippen LogP contribution in [0.25, 0.3) is 0 Å². The molecule has 1 aliphatic rings. The zero-order chi connectivity index (χ0) is 9.19. The van der Waals surface area contributed by atoms with Gasteiger partial charge < -0.3 is 5.11 Å². The van der Waals surface area contributed by atoms with Gasteiger partial charge in [0.15, 0.2) is 0 Å². The second kappa shape index (κ2) is 3.99. The van der Waals surface area contributed by atoms with Crippen LogP contribution < -0.4 is 0 Å². The average molecular weight is 189 g/mol. The lowest BCUT2D eigenvalue weighted by Gasteiger charge is -2.37. The zero-order valence-corrected chi connectivity index (χ0v) is 9.02. The fourth-order valence-corrected chi connectivity index (χ4v) is 2.33. The summed E-state index contributed by atoms with van der Waals surface area (Å²) in [5.41, 5.74) is -0.506. The van der Waals surface area contributed by atoms with Gasteiger partial charge in [-0.2, -0.15) is 0 Å². The Morgan fingerprint density at radius 3 is 2.67 bits per heavy atom. The molecule has 1 heterocycles. The molecule has 12 heavy (non-hydrogen) atoms. The molecule has 72 valence electrons. The van der Waals surface area contributed by atoms with E-state index in [4.69, 9.17) is 0 Å². The molecule has 1 saturated heterocycles. The lowest BCUT2D eigenvalue weighted by molar-refractivity contribution is -0.00358. The van der Waals surface area contributed by atoms with Crippen molar-refractivity contribution in [2.75, 3.05) is 19.3 Å². The largest absolute Gasteiger partial charge is 0.390 e. The van der Waals surface area contributed by atoms with E-state index >= 15 is 0 Å². The number of aliphatic hydroxyl groups is 1. The maximum Gasteiger partial charge on any atom is 0.0632 e. The van der Waals surface area contributed by atoms with Crippen molar-refractivity contribution in [1.29, 1.82) is 0 Å². The molecular weight excluding hydrogens is 170 g/mol. The van der Waals surface area contributed by atoms with E-state index in [9.17, 15) is 5.11 Å². The molecule has 0 aliphatic carbocycles. The van der Waals surface area contributed by atoms with Crippen LogP contribution in [0.3, 0.4) is 0 Å². The van der Waals surface area contributed by atoms with Crippen LogP contribution in [0.5, 0.6) is 0 Å². The van der Waals surface area contributed by atoms with E-state index in [0.29, 0.717) is 5.92 Å². The molecule has 1 aliphatic heterocycles. The third-order valence-electron chi connectivity index (χ3n) is 2.64. The standard InChI is InChI=1S/C9H19NOS/c1-9(2,11)8-5-4-6-10(7-8)12-3/h8,11H,4-7H2,1-3H3. The number of rotatable bonds is 2. The van der Waals surface area contributed by atoms with Crippen LogP contribution in [0.15, 0.2) is 0 Å². The molecule has 1 unspecified atom stereocenters. The van der Waals surface area contributed by atoms with E-state index in [0.717, 1.165) is 6.54 Å². The van der Waals surface area contributed by atoms with Crippen LogP contribution >= 0.6 is 11.9 Å². The quantitative estimate of drug-likeness (QED) is 0.669. The minimum atomic E-state index is -0.506. The monoisotopic (exact) mass is 189 g/mol. The Morgan fingerprint density at radius 1 is 1.50 bits per heavy atom. The summed E-state index contributed by atoms with van der Waals surface area (Å²) >= 11 is 1.79. The smallest absolute Gasteiger partial charge is 0.0632 e. The SMILES string of the molecule is CSN1CCCC(C(C)(C)O)C1. The van der Waals surface area contributed by atoms with Gasteiger partial charge in [-0.1, -0.05) is 11.9 Å². The third-order valence-corrected chi connectivity index (χ3v) is 3.49. The topological polar surface area (TPSA) is 23.5 Å². The van der Waals surface area contributed by atoms with Crippen LogP contribution in [-0.2, 0) is 0 Å². The van der Waals surface area contributed by atoms with E-state index < -0.39 is 5.60 Å². The lowest BCUT2D eigenvalue weighted by Crippen LogP contribution is -2.42. The van der Waals surface area contributed by atoms with Crippen molar-refractivity contribution in [3.8, 4) is 0 Å². The van der Waals surface area contributed by atoms with Crippen LogP contribution in [0, 0.1) is 5.92 Å². The van der Waals surface area contributed by atoms with Gasteiger partial charge in [0.1, 0.15) is 0 Å². The first-order valence-electron chi connectivity index (χ1n) is 4.55. The summed E-state index contributed by atoms with van der Waals surface area (Å²) in [5, 5.41) is 9.82. The molecule has 0 amide bonds. The van der Waals surface area contributed by atoms with Crippen molar-refractivity contribution >= 4 is 11.9 Å². The van der Waals surface area contributed by atoms with E-state index in [1.54, 1.807) is 11.9 Å². The minimum Gasteiger partial charge on any atom is -0.390 e. The Morgan fingerprint density at radius 2 is 2.17 bits per heavy atom. The van der Waals surface area contributed by atoms with Crippen LogP contribution in [0.1, 0.15) is 26.7 Å². The highest BCUT2D eigenvalue weighted by Gasteiger charge is 2.30. The maximum atomic E-state index is 9.82. The van der Waals surface area contributed by atoms with Gasteiger partial charge in [-0.25, -0.2) is 0 Å². The van der Waals surface area contributed by atoms with Crippen molar-refractivity contribution < 1.29 is 5.11 Å². The van der Waals surface area contributed by atoms with Crippen LogP contribution in [-0.4, -0.2) is 34.4 Å². The summed E-state index contributed by atoms with van der Waals surface area (Å²) in [5.74, 6) is 0.443. The summed E-state index contributed by atoms with van der Waals surface area (Å²) < 4.78 is 2.34. The second-order valence-corrected chi connectivity index (χ2v) is 4.94. The Hall–Kier alpha value is 0.270. The first-order chi connectivity index (χ1) is 5.54. The van der Waals surface area contributed by atoms with Gasteiger partial charge in [0.05, 0.1) is 5.60 Å². The molecular formula is C9H19NOS. The van der Waals surface area contributed by atoms with Crippen molar-refractivity contribution in [1.82, 2.24) is 4.31 Å². The highest BCUT2D eigenvalue weighted by Crippen LogP contribution is 2.28. The normalized spacial score (nSPS) is 27.5. The summed E-state index contributed by atoms with van der Waals surface area (Å²) in [4.78, 5) is 0. The van der Waals surface area contributed by atoms with Crippen molar-refractivity contribution in [3.05, 3.63) is 0 Å².